The highest BCUT2D eigenvalue weighted by molar-refractivity contribution is 7.89. The predicted molar refractivity (Wildman–Crippen MR) is 84.9 cm³/mol. The molecule has 3 rings (SSSR count). The lowest BCUT2D eigenvalue weighted by atomic mass is 9.86. The summed E-state index contributed by atoms with van der Waals surface area (Å²) in [6, 6.07) is 6.25. The molecule has 120 valence electrons. The molecule has 5 nitrogen and oxygen atoms in total. The number of nitrogens with one attached hydrogen (secondary N) is 2. The van der Waals surface area contributed by atoms with Gasteiger partial charge in [-0.2, -0.15) is 0 Å². The molecule has 0 radical (unpaired) electrons. The Balaban J connectivity index is 1.58. The average Bonchev–Trinajstić information content (AvgIpc) is 3.10. The number of fused-ring (bicyclic) bond motifs is 2. The normalized spacial score (nSPS) is 27.0. The number of benzene rings is 1. The van der Waals surface area contributed by atoms with Crippen LogP contribution in [0.15, 0.2) is 29.2 Å². The third-order valence-electron chi connectivity index (χ3n) is 5.05. The van der Waals surface area contributed by atoms with E-state index in [1.54, 1.807) is 12.1 Å². The lowest BCUT2D eigenvalue weighted by Crippen LogP contribution is -2.20. The molecule has 2 aliphatic rings. The lowest BCUT2D eigenvalue weighted by Gasteiger charge is -2.20. The summed E-state index contributed by atoms with van der Waals surface area (Å²) in [5.74, 6) is 2.14. The molecule has 6 heteroatoms. The molecule has 2 N–H and O–H groups in total. The first-order valence-electron chi connectivity index (χ1n) is 7.81. The summed E-state index contributed by atoms with van der Waals surface area (Å²) >= 11 is 0. The third-order valence-corrected chi connectivity index (χ3v) is 6.48. The van der Waals surface area contributed by atoms with Crippen molar-refractivity contribution in [2.24, 2.45) is 17.8 Å². The minimum absolute atomic E-state index is 0.0294. The van der Waals surface area contributed by atoms with Crippen LogP contribution in [0, 0.1) is 17.8 Å². The molecule has 3 atom stereocenters. The fourth-order valence-electron chi connectivity index (χ4n) is 3.91. The standard InChI is InChI=1S/C16H22N2O3S/c1-17-22(20,21)15-6-4-14(5-7-15)18-16(19)10-13-9-11-2-3-12(13)8-11/h4-7,11-13,17H,2-3,8-10H2,1H3,(H,18,19). The summed E-state index contributed by atoms with van der Waals surface area (Å²) in [7, 11) is -2.06. The van der Waals surface area contributed by atoms with Gasteiger partial charge in [0.15, 0.2) is 0 Å². The van der Waals surface area contributed by atoms with E-state index >= 15 is 0 Å². The highest BCUT2D eigenvalue weighted by Gasteiger charge is 2.40. The van der Waals surface area contributed by atoms with Crippen LogP contribution in [-0.4, -0.2) is 21.4 Å². The largest absolute Gasteiger partial charge is 0.326 e. The van der Waals surface area contributed by atoms with Crippen LogP contribution in [0.4, 0.5) is 5.69 Å². The van der Waals surface area contributed by atoms with Gasteiger partial charge >= 0.3 is 0 Å². The zero-order chi connectivity index (χ0) is 15.7. The van der Waals surface area contributed by atoms with Crippen molar-refractivity contribution in [2.75, 3.05) is 12.4 Å². The minimum Gasteiger partial charge on any atom is -0.326 e. The molecule has 2 saturated carbocycles. The molecule has 2 aliphatic carbocycles. The Hall–Kier alpha value is -1.40. The van der Waals surface area contributed by atoms with Crippen LogP contribution in [0.5, 0.6) is 0 Å². The second-order valence-corrected chi connectivity index (χ2v) is 8.31. The zero-order valence-corrected chi connectivity index (χ0v) is 13.5. The van der Waals surface area contributed by atoms with Gasteiger partial charge in [-0.05, 0) is 68.3 Å². The van der Waals surface area contributed by atoms with Crippen molar-refractivity contribution in [3.8, 4) is 0 Å². The molecular weight excluding hydrogens is 300 g/mol. The van der Waals surface area contributed by atoms with Crippen LogP contribution in [0.2, 0.25) is 0 Å². The van der Waals surface area contributed by atoms with Crippen molar-refractivity contribution in [1.29, 1.82) is 0 Å². The summed E-state index contributed by atoms with van der Waals surface area (Å²) in [6.45, 7) is 0. The molecule has 2 fully saturated rings. The molecule has 1 aromatic carbocycles. The number of carbonyl (C=O) groups is 1. The van der Waals surface area contributed by atoms with Crippen LogP contribution in [-0.2, 0) is 14.8 Å². The van der Waals surface area contributed by atoms with E-state index in [2.05, 4.69) is 10.0 Å². The zero-order valence-electron chi connectivity index (χ0n) is 12.7. The van der Waals surface area contributed by atoms with E-state index in [1.807, 2.05) is 0 Å². The van der Waals surface area contributed by atoms with Crippen LogP contribution in [0.3, 0.4) is 0 Å². The Labute approximate surface area is 131 Å². The predicted octanol–water partition coefficient (Wildman–Crippen LogP) is 2.36. The van der Waals surface area contributed by atoms with E-state index in [0.717, 1.165) is 11.8 Å². The topological polar surface area (TPSA) is 75.3 Å². The second kappa shape index (κ2) is 6.01. The van der Waals surface area contributed by atoms with Crippen molar-refractivity contribution >= 4 is 21.6 Å². The van der Waals surface area contributed by atoms with E-state index in [1.165, 1.54) is 44.9 Å². The first-order chi connectivity index (χ1) is 10.5. The highest BCUT2D eigenvalue weighted by atomic mass is 32.2. The summed E-state index contributed by atoms with van der Waals surface area (Å²) in [4.78, 5) is 12.3. The van der Waals surface area contributed by atoms with Gasteiger partial charge in [0.05, 0.1) is 4.90 Å². The maximum absolute atomic E-state index is 12.1. The highest BCUT2D eigenvalue weighted by Crippen LogP contribution is 2.49. The number of carbonyl (C=O) groups excluding carboxylic acids is 1. The summed E-state index contributed by atoms with van der Waals surface area (Å²) in [5.41, 5.74) is 0.642. The molecule has 1 amide bonds. The number of anilines is 1. The van der Waals surface area contributed by atoms with Gasteiger partial charge in [-0.3, -0.25) is 4.79 Å². The van der Waals surface area contributed by atoms with Gasteiger partial charge in [0.2, 0.25) is 15.9 Å². The minimum atomic E-state index is -3.43. The van der Waals surface area contributed by atoms with Gasteiger partial charge in [0.1, 0.15) is 0 Å². The van der Waals surface area contributed by atoms with Crippen molar-refractivity contribution in [1.82, 2.24) is 4.72 Å². The van der Waals surface area contributed by atoms with Gasteiger partial charge in [-0.15, -0.1) is 0 Å². The Morgan fingerprint density at radius 3 is 2.45 bits per heavy atom. The molecule has 0 aliphatic heterocycles. The Kier molecular flexibility index (Phi) is 4.23. The van der Waals surface area contributed by atoms with E-state index < -0.39 is 10.0 Å². The SMILES string of the molecule is CNS(=O)(=O)c1ccc(NC(=O)CC2CC3CCC2C3)cc1. The number of rotatable bonds is 5. The number of amides is 1. The van der Waals surface area contributed by atoms with Crippen molar-refractivity contribution < 1.29 is 13.2 Å². The lowest BCUT2D eigenvalue weighted by molar-refractivity contribution is -0.117. The fourth-order valence-corrected chi connectivity index (χ4v) is 4.64. The smallest absolute Gasteiger partial charge is 0.240 e. The molecule has 0 saturated heterocycles. The molecule has 0 spiro atoms. The second-order valence-electron chi connectivity index (χ2n) is 6.42. The Morgan fingerprint density at radius 1 is 1.18 bits per heavy atom. The maximum Gasteiger partial charge on any atom is 0.240 e. The van der Waals surface area contributed by atoms with Gasteiger partial charge < -0.3 is 5.32 Å². The Bertz CT molecular complexity index is 654. The van der Waals surface area contributed by atoms with Crippen molar-refractivity contribution in [2.45, 2.75) is 37.0 Å². The van der Waals surface area contributed by atoms with Crippen LogP contribution >= 0.6 is 0 Å². The summed E-state index contributed by atoms with van der Waals surface area (Å²) in [6.07, 6.45) is 5.69. The van der Waals surface area contributed by atoms with Gasteiger partial charge in [-0.25, -0.2) is 13.1 Å². The quantitative estimate of drug-likeness (QED) is 0.874. The number of hydrogen-bond donors (Lipinski definition) is 2. The van der Waals surface area contributed by atoms with E-state index in [4.69, 9.17) is 0 Å². The molecule has 0 aromatic heterocycles. The molecule has 3 unspecified atom stereocenters. The van der Waals surface area contributed by atoms with E-state index in [0.29, 0.717) is 18.0 Å². The van der Waals surface area contributed by atoms with Gasteiger partial charge in [0, 0.05) is 12.1 Å². The monoisotopic (exact) mass is 322 g/mol. The van der Waals surface area contributed by atoms with Crippen LogP contribution in [0.1, 0.15) is 32.1 Å². The van der Waals surface area contributed by atoms with Crippen LogP contribution in [0.25, 0.3) is 0 Å². The first kappa shape index (κ1) is 15.5. The molecule has 2 bridgehead atoms. The van der Waals surface area contributed by atoms with Crippen molar-refractivity contribution in [3.05, 3.63) is 24.3 Å². The van der Waals surface area contributed by atoms with Crippen molar-refractivity contribution in [3.63, 3.8) is 0 Å². The maximum atomic E-state index is 12.1. The number of sulfonamides is 1. The number of hydrogen-bond acceptors (Lipinski definition) is 3. The fraction of sp³-hybridized carbons (Fsp3) is 0.562. The van der Waals surface area contributed by atoms with Gasteiger partial charge in [-0.1, -0.05) is 6.42 Å². The summed E-state index contributed by atoms with van der Waals surface area (Å²) in [5, 5.41) is 2.87. The molecule has 1 aromatic rings. The van der Waals surface area contributed by atoms with E-state index in [9.17, 15) is 13.2 Å². The molecular formula is C16H22N2O3S. The average molecular weight is 322 g/mol. The Morgan fingerprint density at radius 2 is 1.91 bits per heavy atom. The third kappa shape index (κ3) is 3.17. The van der Waals surface area contributed by atoms with E-state index in [-0.39, 0.29) is 10.8 Å². The van der Waals surface area contributed by atoms with Crippen LogP contribution < -0.4 is 10.0 Å². The molecule has 22 heavy (non-hydrogen) atoms. The summed E-state index contributed by atoms with van der Waals surface area (Å²) < 4.78 is 25.5. The van der Waals surface area contributed by atoms with Gasteiger partial charge in [0.25, 0.3) is 0 Å². The molecule has 0 heterocycles. The first-order valence-corrected chi connectivity index (χ1v) is 9.29.